The van der Waals surface area contributed by atoms with E-state index in [1.54, 1.807) is 0 Å². The average molecular weight is 507 g/mol. The lowest BCUT2D eigenvalue weighted by Crippen LogP contribution is -2.51. The number of hydrogen-bond acceptors (Lipinski definition) is 2. The standard InChI is InChI=1S/C23H33N5.HI/c1-17(2)28-15-18-10-11-20(14-21(18)27-28)26-22(24-3)25-16-23(12-7-13-23)19-8-5-4-6-9-19;/h4-6,8-9,15,17,20H,7,10-14,16H2,1-3H3,(H2,24,25,26);1H. The van der Waals surface area contributed by atoms with Gasteiger partial charge in [-0.3, -0.25) is 9.67 Å². The van der Waals surface area contributed by atoms with Crippen LogP contribution >= 0.6 is 24.0 Å². The molecule has 2 aromatic rings. The molecule has 2 N–H and O–H groups in total. The first kappa shape index (κ1) is 22.1. The first-order valence-corrected chi connectivity index (χ1v) is 10.7. The van der Waals surface area contributed by atoms with E-state index in [-0.39, 0.29) is 29.4 Å². The normalized spacial score (nSPS) is 20.4. The van der Waals surface area contributed by atoms with Crippen LogP contribution in [0.4, 0.5) is 0 Å². The van der Waals surface area contributed by atoms with E-state index in [9.17, 15) is 0 Å². The second kappa shape index (κ2) is 9.49. The number of fused-ring (bicyclic) bond motifs is 1. The minimum Gasteiger partial charge on any atom is -0.356 e. The van der Waals surface area contributed by atoms with Crippen LogP contribution in [0, 0.1) is 0 Å². The first-order valence-electron chi connectivity index (χ1n) is 10.7. The maximum atomic E-state index is 4.80. The van der Waals surface area contributed by atoms with Crippen LogP contribution in [0.15, 0.2) is 41.5 Å². The summed E-state index contributed by atoms with van der Waals surface area (Å²) in [6.07, 6.45) is 9.22. The van der Waals surface area contributed by atoms with Crippen molar-refractivity contribution in [2.45, 2.75) is 69.9 Å². The molecule has 6 heteroatoms. The number of hydrogen-bond donors (Lipinski definition) is 2. The lowest BCUT2D eigenvalue weighted by molar-refractivity contribution is 0.243. The number of aromatic nitrogens is 2. The van der Waals surface area contributed by atoms with Crippen LogP contribution in [-0.2, 0) is 18.3 Å². The zero-order chi connectivity index (χ0) is 19.6. The molecule has 1 atom stereocenters. The van der Waals surface area contributed by atoms with Crippen molar-refractivity contribution >= 4 is 29.9 Å². The number of halogens is 1. The number of guanidine groups is 1. The van der Waals surface area contributed by atoms with Crippen molar-refractivity contribution in [1.82, 2.24) is 20.4 Å². The van der Waals surface area contributed by atoms with Crippen LogP contribution in [0.5, 0.6) is 0 Å². The summed E-state index contributed by atoms with van der Waals surface area (Å²) in [5.74, 6) is 0.916. The molecule has 0 bridgehead atoms. The average Bonchev–Trinajstić information content (AvgIpc) is 3.11. The molecular weight excluding hydrogens is 473 g/mol. The summed E-state index contributed by atoms with van der Waals surface area (Å²) in [5, 5.41) is 12.1. The highest BCUT2D eigenvalue weighted by atomic mass is 127. The van der Waals surface area contributed by atoms with Gasteiger partial charge in [-0.05, 0) is 50.7 Å². The summed E-state index contributed by atoms with van der Waals surface area (Å²) >= 11 is 0. The van der Waals surface area contributed by atoms with Gasteiger partial charge in [0.05, 0.1) is 5.69 Å². The van der Waals surface area contributed by atoms with Crippen LogP contribution < -0.4 is 10.6 Å². The number of aryl methyl sites for hydroxylation is 1. The highest BCUT2D eigenvalue weighted by Gasteiger charge is 2.38. The van der Waals surface area contributed by atoms with Gasteiger partial charge in [0.15, 0.2) is 5.96 Å². The molecule has 29 heavy (non-hydrogen) atoms. The Labute approximate surface area is 191 Å². The van der Waals surface area contributed by atoms with Gasteiger partial charge in [0.1, 0.15) is 0 Å². The predicted molar refractivity (Wildman–Crippen MR) is 130 cm³/mol. The third-order valence-corrected chi connectivity index (χ3v) is 6.48. The molecule has 1 heterocycles. The van der Waals surface area contributed by atoms with Gasteiger partial charge in [-0.15, -0.1) is 24.0 Å². The maximum absolute atomic E-state index is 4.80. The molecule has 0 spiro atoms. The van der Waals surface area contributed by atoms with Gasteiger partial charge in [0.25, 0.3) is 0 Å². The van der Waals surface area contributed by atoms with E-state index in [0.29, 0.717) is 12.1 Å². The zero-order valence-corrected chi connectivity index (χ0v) is 20.1. The van der Waals surface area contributed by atoms with Crippen molar-refractivity contribution in [2.24, 2.45) is 4.99 Å². The Kier molecular flexibility index (Phi) is 7.24. The fourth-order valence-corrected chi connectivity index (χ4v) is 4.50. The topological polar surface area (TPSA) is 54.2 Å². The molecular formula is C23H34IN5. The Morgan fingerprint density at radius 2 is 2.03 bits per heavy atom. The monoisotopic (exact) mass is 507 g/mol. The molecule has 1 unspecified atom stereocenters. The highest BCUT2D eigenvalue weighted by molar-refractivity contribution is 14.0. The Balaban J connectivity index is 0.00000240. The highest BCUT2D eigenvalue weighted by Crippen LogP contribution is 2.43. The molecule has 0 radical (unpaired) electrons. The Hall–Kier alpha value is -1.57. The molecule has 1 aromatic carbocycles. The molecule has 158 valence electrons. The number of benzene rings is 1. The second-order valence-electron chi connectivity index (χ2n) is 8.68. The van der Waals surface area contributed by atoms with E-state index in [2.05, 4.69) is 70.7 Å². The lowest BCUT2D eigenvalue weighted by Gasteiger charge is -2.43. The molecule has 0 amide bonds. The number of nitrogens with one attached hydrogen (secondary N) is 2. The molecule has 4 rings (SSSR count). The molecule has 1 saturated carbocycles. The van der Waals surface area contributed by atoms with E-state index in [4.69, 9.17) is 5.10 Å². The minimum absolute atomic E-state index is 0. The second-order valence-corrected chi connectivity index (χ2v) is 8.68. The van der Waals surface area contributed by atoms with Crippen molar-refractivity contribution < 1.29 is 0 Å². The van der Waals surface area contributed by atoms with Crippen LogP contribution in [0.25, 0.3) is 0 Å². The van der Waals surface area contributed by atoms with Crippen molar-refractivity contribution in [1.29, 1.82) is 0 Å². The Morgan fingerprint density at radius 3 is 2.66 bits per heavy atom. The van der Waals surface area contributed by atoms with Crippen LogP contribution in [0.2, 0.25) is 0 Å². The van der Waals surface area contributed by atoms with Gasteiger partial charge >= 0.3 is 0 Å². The van der Waals surface area contributed by atoms with Crippen LogP contribution in [-0.4, -0.2) is 35.4 Å². The minimum atomic E-state index is 0. The van der Waals surface area contributed by atoms with Gasteiger partial charge in [-0.1, -0.05) is 36.8 Å². The summed E-state index contributed by atoms with van der Waals surface area (Å²) in [4.78, 5) is 4.50. The van der Waals surface area contributed by atoms with E-state index in [0.717, 1.165) is 31.8 Å². The molecule has 2 aliphatic carbocycles. The van der Waals surface area contributed by atoms with Crippen molar-refractivity contribution in [2.75, 3.05) is 13.6 Å². The summed E-state index contributed by atoms with van der Waals surface area (Å²) in [6.45, 7) is 5.31. The van der Waals surface area contributed by atoms with Gasteiger partial charge in [-0.2, -0.15) is 5.10 Å². The number of nitrogens with zero attached hydrogens (tertiary/aromatic N) is 3. The van der Waals surface area contributed by atoms with Crippen molar-refractivity contribution in [3.05, 3.63) is 53.3 Å². The van der Waals surface area contributed by atoms with Crippen LogP contribution in [0.3, 0.4) is 0 Å². The van der Waals surface area contributed by atoms with Crippen molar-refractivity contribution in [3.8, 4) is 0 Å². The first-order chi connectivity index (χ1) is 13.6. The predicted octanol–water partition coefficient (Wildman–Crippen LogP) is 4.23. The summed E-state index contributed by atoms with van der Waals surface area (Å²) in [7, 11) is 1.87. The SMILES string of the molecule is CN=C(NCC1(c2ccccc2)CCC1)NC1CCc2cn(C(C)C)nc2C1.I. The lowest BCUT2D eigenvalue weighted by atomic mass is 9.64. The van der Waals surface area contributed by atoms with E-state index >= 15 is 0 Å². The van der Waals surface area contributed by atoms with Crippen LogP contribution in [0.1, 0.15) is 62.4 Å². The van der Waals surface area contributed by atoms with Gasteiger partial charge < -0.3 is 10.6 Å². The Bertz CT molecular complexity index is 823. The summed E-state index contributed by atoms with van der Waals surface area (Å²) < 4.78 is 2.10. The number of aliphatic imine (C=N–C) groups is 1. The van der Waals surface area contributed by atoms with Gasteiger partial charge in [0.2, 0.25) is 0 Å². The quantitative estimate of drug-likeness (QED) is 0.362. The zero-order valence-electron chi connectivity index (χ0n) is 17.8. The third kappa shape index (κ3) is 4.78. The summed E-state index contributed by atoms with van der Waals surface area (Å²) in [5.41, 5.74) is 4.36. The summed E-state index contributed by atoms with van der Waals surface area (Å²) in [6, 6.07) is 11.7. The van der Waals surface area contributed by atoms with E-state index < -0.39 is 0 Å². The third-order valence-electron chi connectivity index (χ3n) is 6.48. The van der Waals surface area contributed by atoms with E-state index in [1.165, 1.54) is 36.1 Å². The largest absolute Gasteiger partial charge is 0.356 e. The molecule has 1 fully saturated rings. The van der Waals surface area contributed by atoms with E-state index in [1.807, 2.05) is 7.05 Å². The molecule has 0 saturated heterocycles. The Morgan fingerprint density at radius 1 is 1.28 bits per heavy atom. The molecule has 1 aromatic heterocycles. The number of rotatable bonds is 5. The van der Waals surface area contributed by atoms with Gasteiger partial charge in [-0.25, -0.2) is 0 Å². The van der Waals surface area contributed by atoms with Gasteiger partial charge in [0, 0.05) is 43.7 Å². The maximum Gasteiger partial charge on any atom is 0.191 e. The fourth-order valence-electron chi connectivity index (χ4n) is 4.50. The fraction of sp³-hybridized carbons (Fsp3) is 0.565. The molecule has 0 aliphatic heterocycles. The smallest absolute Gasteiger partial charge is 0.191 e. The van der Waals surface area contributed by atoms with Crippen molar-refractivity contribution in [3.63, 3.8) is 0 Å². The molecule has 5 nitrogen and oxygen atoms in total. The molecule has 2 aliphatic rings.